The molecule has 17 heavy (non-hydrogen) atoms. The van der Waals surface area contributed by atoms with Crippen molar-refractivity contribution in [1.82, 2.24) is 4.98 Å². The maximum atomic E-state index is 4.77. The third-order valence-electron chi connectivity index (χ3n) is 2.78. The van der Waals surface area contributed by atoms with E-state index in [0.717, 1.165) is 23.6 Å². The minimum atomic E-state index is 0.791. The van der Waals surface area contributed by atoms with Crippen LogP contribution in [0.15, 0.2) is 24.3 Å². The summed E-state index contributed by atoms with van der Waals surface area (Å²) in [6, 6.07) is 8.42. The van der Waals surface area contributed by atoms with Gasteiger partial charge < -0.3 is 0 Å². The molecule has 0 atom stereocenters. The number of thiol groups is 1. The van der Waals surface area contributed by atoms with Crippen molar-refractivity contribution >= 4 is 24.0 Å². The molecular weight excluding hydrogens is 246 g/mol. The van der Waals surface area contributed by atoms with Crippen molar-refractivity contribution < 1.29 is 0 Å². The van der Waals surface area contributed by atoms with Gasteiger partial charge in [0.1, 0.15) is 5.01 Å². The molecule has 3 heteroatoms. The van der Waals surface area contributed by atoms with Gasteiger partial charge in [-0.25, -0.2) is 4.98 Å². The van der Waals surface area contributed by atoms with Gasteiger partial charge in [-0.05, 0) is 18.9 Å². The lowest BCUT2D eigenvalue weighted by Gasteiger charge is -2.00. The van der Waals surface area contributed by atoms with E-state index < -0.39 is 0 Å². The number of nitrogens with zero attached hydrogens (tertiary/aromatic N) is 1. The maximum Gasteiger partial charge on any atom is 0.124 e. The lowest BCUT2D eigenvalue weighted by Crippen LogP contribution is -1.88. The quantitative estimate of drug-likeness (QED) is 0.801. The predicted octanol–water partition coefficient (Wildman–Crippen LogP) is 4.50. The third kappa shape index (κ3) is 2.72. The summed E-state index contributed by atoms with van der Waals surface area (Å²) in [7, 11) is 0. The van der Waals surface area contributed by atoms with Gasteiger partial charge in [-0.1, -0.05) is 37.6 Å². The lowest BCUT2D eigenvalue weighted by molar-refractivity contribution is 0.884. The van der Waals surface area contributed by atoms with Crippen molar-refractivity contribution in [1.29, 1.82) is 0 Å². The summed E-state index contributed by atoms with van der Waals surface area (Å²) in [5, 5.41) is 1.13. The number of aryl methyl sites for hydroxylation is 2. The molecule has 0 spiro atoms. The van der Waals surface area contributed by atoms with Crippen molar-refractivity contribution in [2.75, 3.05) is 0 Å². The standard InChI is InChI=1S/C14H17NS2/c1-3-6-12-13(9-16)17-14(15-12)11-8-5-4-7-10(11)2/h4-5,7-8,16H,3,6,9H2,1-2H3. The second kappa shape index (κ2) is 5.69. The fourth-order valence-electron chi connectivity index (χ4n) is 1.87. The molecule has 1 aromatic carbocycles. The molecule has 0 aliphatic carbocycles. The highest BCUT2D eigenvalue weighted by Gasteiger charge is 2.11. The van der Waals surface area contributed by atoms with Gasteiger partial charge in [0.25, 0.3) is 0 Å². The highest BCUT2D eigenvalue weighted by Crippen LogP contribution is 2.31. The fourth-order valence-corrected chi connectivity index (χ4v) is 3.30. The van der Waals surface area contributed by atoms with E-state index >= 15 is 0 Å². The minimum absolute atomic E-state index is 0.791. The first kappa shape index (κ1) is 12.7. The van der Waals surface area contributed by atoms with Gasteiger partial charge in [-0.3, -0.25) is 0 Å². The molecule has 0 aliphatic rings. The van der Waals surface area contributed by atoms with E-state index in [1.54, 1.807) is 11.3 Å². The Morgan fingerprint density at radius 1 is 1.29 bits per heavy atom. The summed E-state index contributed by atoms with van der Waals surface area (Å²) >= 11 is 6.17. The Labute approximate surface area is 112 Å². The largest absolute Gasteiger partial charge is 0.241 e. The van der Waals surface area contributed by atoms with Crippen molar-refractivity contribution in [3.05, 3.63) is 40.4 Å². The first-order chi connectivity index (χ1) is 8.26. The zero-order valence-electron chi connectivity index (χ0n) is 10.2. The zero-order chi connectivity index (χ0) is 12.3. The van der Waals surface area contributed by atoms with E-state index in [9.17, 15) is 0 Å². The van der Waals surface area contributed by atoms with Gasteiger partial charge in [0.05, 0.1) is 5.69 Å². The molecule has 0 aliphatic heterocycles. The van der Waals surface area contributed by atoms with Gasteiger partial charge >= 0.3 is 0 Å². The van der Waals surface area contributed by atoms with Crippen LogP contribution < -0.4 is 0 Å². The lowest BCUT2D eigenvalue weighted by atomic mass is 10.1. The van der Waals surface area contributed by atoms with Crippen LogP contribution in [0.1, 0.15) is 29.5 Å². The Morgan fingerprint density at radius 2 is 2.06 bits per heavy atom. The monoisotopic (exact) mass is 263 g/mol. The van der Waals surface area contributed by atoms with E-state index in [-0.39, 0.29) is 0 Å². The van der Waals surface area contributed by atoms with Gasteiger partial charge in [-0.15, -0.1) is 11.3 Å². The molecule has 90 valence electrons. The molecule has 2 aromatic rings. The van der Waals surface area contributed by atoms with E-state index in [1.807, 2.05) is 0 Å². The summed E-state index contributed by atoms with van der Waals surface area (Å²) in [4.78, 5) is 6.08. The normalized spacial score (nSPS) is 10.8. The second-order valence-corrected chi connectivity index (χ2v) is 5.51. The van der Waals surface area contributed by atoms with Gasteiger partial charge in [0.15, 0.2) is 0 Å². The van der Waals surface area contributed by atoms with E-state index in [4.69, 9.17) is 4.98 Å². The Bertz CT molecular complexity index is 503. The zero-order valence-corrected chi connectivity index (χ0v) is 11.9. The topological polar surface area (TPSA) is 12.9 Å². The van der Waals surface area contributed by atoms with Gasteiger partial charge in [-0.2, -0.15) is 12.6 Å². The van der Waals surface area contributed by atoms with Crippen LogP contribution in [0.5, 0.6) is 0 Å². The Morgan fingerprint density at radius 3 is 2.71 bits per heavy atom. The van der Waals surface area contributed by atoms with Crippen LogP contribution in [-0.4, -0.2) is 4.98 Å². The molecule has 0 fully saturated rings. The highest BCUT2D eigenvalue weighted by molar-refractivity contribution is 7.79. The molecule has 0 amide bonds. The van der Waals surface area contributed by atoms with Crippen LogP contribution in [0, 0.1) is 6.92 Å². The average Bonchev–Trinajstić information content (AvgIpc) is 2.73. The SMILES string of the molecule is CCCc1nc(-c2ccccc2C)sc1CS. The molecule has 0 bridgehead atoms. The molecule has 2 rings (SSSR count). The molecule has 1 heterocycles. The molecule has 0 N–H and O–H groups in total. The van der Waals surface area contributed by atoms with Gasteiger partial charge in [0.2, 0.25) is 0 Å². The summed E-state index contributed by atoms with van der Waals surface area (Å²) < 4.78 is 0. The summed E-state index contributed by atoms with van der Waals surface area (Å²) in [6.07, 6.45) is 2.19. The number of rotatable bonds is 4. The number of hydrogen-bond donors (Lipinski definition) is 1. The van der Waals surface area contributed by atoms with Crippen molar-refractivity contribution in [2.24, 2.45) is 0 Å². The number of hydrogen-bond acceptors (Lipinski definition) is 3. The first-order valence-electron chi connectivity index (χ1n) is 5.91. The van der Waals surface area contributed by atoms with Crippen LogP contribution in [0.2, 0.25) is 0 Å². The third-order valence-corrected chi connectivity index (χ3v) is 4.45. The highest BCUT2D eigenvalue weighted by atomic mass is 32.1. The Hall–Kier alpha value is -0.800. The maximum absolute atomic E-state index is 4.77. The summed E-state index contributed by atoms with van der Waals surface area (Å²) in [6.45, 7) is 4.33. The summed E-state index contributed by atoms with van der Waals surface area (Å²) in [5.74, 6) is 0.791. The molecule has 1 nitrogen and oxygen atoms in total. The smallest absolute Gasteiger partial charge is 0.124 e. The fraction of sp³-hybridized carbons (Fsp3) is 0.357. The summed E-state index contributed by atoms with van der Waals surface area (Å²) in [5.41, 5.74) is 3.77. The molecular formula is C14H17NS2. The molecule has 0 unspecified atom stereocenters. The number of benzene rings is 1. The van der Waals surface area contributed by atoms with Crippen LogP contribution >= 0.6 is 24.0 Å². The molecule has 1 aromatic heterocycles. The van der Waals surface area contributed by atoms with Crippen LogP contribution in [0.25, 0.3) is 10.6 Å². The van der Waals surface area contributed by atoms with Crippen molar-refractivity contribution in [3.8, 4) is 10.6 Å². The molecule has 0 saturated heterocycles. The van der Waals surface area contributed by atoms with Gasteiger partial charge in [0, 0.05) is 16.2 Å². The first-order valence-corrected chi connectivity index (χ1v) is 7.36. The van der Waals surface area contributed by atoms with Crippen LogP contribution in [0.4, 0.5) is 0 Å². The van der Waals surface area contributed by atoms with E-state index in [1.165, 1.54) is 21.7 Å². The minimum Gasteiger partial charge on any atom is -0.241 e. The predicted molar refractivity (Wildman–Crippen MR) is 79.0 cm³/mol. The number of thiazole rings is 1. The van der Waals surface area contributed by atoms with Crippen LogP contribution in [0.3, 0.4) is 0 Å². The second-order valence-electron chi connectivity index (χ2n) is 4.11. The Kier molecular flexibility index (Phi) is 4.24. The Balaban J connectivity index is 2.43. The van der Waals surface area contributed by atoms with Crippen molar-refractivity contribution in [3.63, 3.8) is 0 Å². The van der Waals surface area contributed by atoms with E-state index in [0.29, 0.717) is 0 Å². The number of aromatic nitrogens is 1. The molecule has 0 radical (unpaired) electrons. The molecule has 0 saturated carbocycles. The average molecular weight is 263 g/mol. The van der Waals surface area contributed by atoms with E-state index in [2.05, 4.69) is 50.7 Å². The van der Waals surface area contributed by atoms with Crippen LogP contribution in [-0.2, 0) is 12.2 Å². The van der Waals surface area contributed by atoms with Crippen molar-refractivity contribution in [2.45, 2.75) is 32.4 Å².